The molecule has 64 heavy (non-hydrogen) atoms. The van der Waals surface area contributed by atoms with Crippen LogP contribution in [0.2, 0.25) is 0 Å². The SMILES string of the molecule is CO[C@@H]1C[C@H](c2ccc(C(=O)N3CCC(F)(CN4CCC(n5cc(C6CC6)c6cc(N7CCC(=O)NC7=O)ccc65)CC4)CC3)cc2)CN(c2cc(-c3ccccc3O)nnc2N)C1. The number of hydrogen-bond acceptors (Lipinski definition) is 10. The minimum Gasteiger partial charge on any atom is -0.507 e. The number of carbonyl (C=O) groups excluding carboxylic acids is 3. The van der Waals surface area contributed by atoms with Crippen molar-refractivity contribution in [3.8, 4) is 17.0 Å². The van der Waals surface area contributed by atoms with E-state index in [0.29, 0.717) is 93.1 Å². The number of anilines is 3. The van der Waals surface area contributed by atoms with Gasteiger partial charge in [-0.3, -0.25) is 19.8 Å². The number of alkyl halides is 1. The lowest BCUT2D eigenvalue weighted by Gasteiger charge is -2.41. The number of rotatable bonds is 10. The zero-order valence-corrected chi connectivity index (χ0v) is 36.3. The van der Waals surface area contributed by atoms with E-state index in [1.54, 1.807) is 35.1 Å². The van der Waals surface area contributed by atoms with E-state index in [1.807, 2.05) is 42.5 Å². The molecular formula is C49H56FN9O5. The molecule has 4 aliphatic heterocycles. The van der Waals surface area contributed by atoms with Crippen molar-refractivity contribution < 1.29 is 28.6 Å². The van der Waals surface area contributed by atoms with Gasteiger partial charge in [-0.25, -0.2) is 9.18 Å². The number of para-hydroxylation sites is 1. The number of piperidine rings is 3. The van der Waals surface area contributed by atoms with Crippen LogP contribution < -0.4 is 20.9 Å². The molecule has 5 fully saturated rings. The maximum absolute atomic E-state index is 16.5. The number of carbonyl (C=O) groups is 3. The number of nitrogen functional groups attached to an aromatic ring is 1. The number of imide groups is 1. The van der Waals surface area contributed by atoms with E-state index in [-0.39, 0.29) is 35.6 Å². The number of ether oxygens (including phenoxy) is 1. The zero-order chi connectivity index (χ0) is 44.1. The molecule has 2 aromatic heterocycles. The van der Waals surface area contributed by atoms with Crippen LogP contribution in [0.1, 0.15) is 90.7 Å². The predicted molar refractivity (Wildman–Crippen MR) is 243 cm³/mol. The van der Waals surface area contributed by atoms with Gasteiger partial charge in [-0.2, -0.15) is 0 Å². The number of aromatic hydroxyl groups is 1. The number of phenols is 1. The van der Waals surface area contributed by atoms with Crippen molar-refractivity contribution in [3.63, 3.8) is 0 Å². The van der Waals surface area contributed by atoms with Crippen LogP contribution in [0.15, 0.2) is 79.0 Å². The first-order valence-electron chi connectivity index (χ1n) is 22.8. The lowest BCUT2D eigenvalue weighted by Crippen LogP contribution is -2.51. The molecule has 0 bridgehead atoms. The Hall–Kier alpha value is -6.06. The Morgan fingerprint density at radius 2 is 1.69 bits per heavy atom. The average Bonchev–Trinajstić information content (AvgIpc) is 4.09. The molecule has 5 aliphatic rings. The van der Waals surface area contributed by atoms with Crippen molar-refractivity contribution in [2.75, 3.05) is 75.0 Å². The van der Waals surface area contributed by atoms with Crippen LogP contribution >= 0.6 is 0 Å². The number of likely N-dealkylation sites (tertiary alicyclic amines) is 2. The van der Waals surface area contributed by atoms with E-state index in [9.17, 15) is 19.5 Å². The Bertz CT molecular complexity index is 2560. The number of nitrogens with two attached hydrogens (primary N) is 1. The molecule has 0 radical (unpaired) electrons. The topological polar surface area (TPSA) is 162 Å². The first-order chi connectivity index (χ1) is 31.0. The van der Waals surface area contributed by atoms with Gasteiger partial charge in [-0.1, -0.05) is 24.3 Å². The summed E-state index contributed by atoms with van der Waals surface area (Å²) in [5.41, 5.74) is 11.8. The normalized spacial score (nSPS) is 22.2. The molecular weight excluding hydrogens is 814 g/mol. The van der Waals surface area contributed by atoms with Crippen molar-refractivity contribution >= 4 is 45.9 Å². The van der Waals surface area contributed by atoms with E-state index in [0.717, 1.165) is 67.6 Å². The minimum absolute atomic E-state index is 0.0656. The summed E-state index contributed by atoms with van der Waals surface area (Å²) >= 11 is 0. The summed E-state index contributed by atoms with van der Waals surface area (Å²) in [5.74, 6) is 0.724. The van der Waals surface area contributed by atoms with Crippen molar-refractivity contribution in [3.05, 3.63) is 95.7 Å². The summed E-state index contributed by atoms with van der Waals surface area (Å²) < 4.78 is 24.8. The van der Waals surface area contributed by atoms with E-state index < -0.39 is 5.67 Å². The van der Waals surface area contributed by atoms with Crippen LogP contribution in [0, 0.1) is 0 Å². The van der Waals surface area contributed by atoms with Crippen LogP contribution in [0.3, 0.4) is 0 Å². The Kier molecular flexibility index (Phi) is 11.2. The molecule has 15 heteroatoms. The molecule has 4 N–H and O–H groups in total. The first-order valence-corrected chi connectivity index (χ1v) is 22.8. The lowest BCUT2D eigenvalue weighted by molar-refractivity contribution is -0.120. The molecule has 6 heterocycles. The standard InChI is InChI=1S/C49H56FN9O5/c1-64-37-24-34(27-57(28-37)43-26-41(53-54-46(43)51)38-4-2-3-5-44(38)60)31-6-10-33(11-7-31)47(62)56-22-17-49(50,18-23-56)30-55-19-14-35(15-20-55)59-29-40(32-8-9-32)39-25-36(12-13-42(39)59)58-21-16-45(61)52-48(58)63/h2-7,10-13,25-26,29,32,34-35,37,60H,8-9,14-24,27-28,30H2,1H3,(H2,51,54)(H,52,61,63)/t34-,37+/m0/s1. The van der Waals surface area contributed by atoms with Crippen LogP contribution in [0.5, 0.6) is 5.75 Å². The lowest BCUT2D eigenvalue weighted by atomic mass is 9.88. The second-order valence-corrected chi connectivity index (χ2v) is 18.5. The van der Waals surface area contributed by atoms with Gasteiger partial charge in [0.15, 0.2) is 5.82 Å². The fraction of sp³-hybridized carbons (Fsp3) is 0.449. The highest BCUT2D eigenvalue weighted by Gasteiger charge is 2.39. The third kappa shape index (κ3) is 8.38. The highest BCUT2D eigenvalue weighted by molar-refractivity contribution is 6.06. The predicted octanol–water partition coefficient (Wildman–Crippen LogP) is 7.00. The molecule has 0 unspecified atom stereocenters. The number of urea groups is 1. The first kappa shape index (κ1) is 41.9. The molecule has 1 saturated carbocycles. The zero-order valence-electron chi connectivity index (χ0n) is 36.3. The molecule has 334 valence electrons. The number of phenolic OH excluding ortho intramolecular Hbond substituents is 1. The Morgan fingerprint density at radius 3 is 2.41 bits per heavy atom. The molecule has 2 atom stereocenters. The molecule has 10 rings (SSSR count). The maximum atomic E-state index is 16.5. The maximum Gasteiger partial charge on any atom is 0.328 e. The summed E-state index contributed by atoms with van der Waals surface area (Å²) in [7, 11) is 1.71. The van der Waals surface area contributed by atoms with Gasteiger partial charge in [-0.05, 0) is 97.7 Å². The number of nitrogens with one attached hydrogen (secondary N) is 1. The monoisotopic (exact) mass is 869 g/mol. The van der Waals surface area contributed by atoms with E-state index in [4.69, 9.17) is 10.5 Å². The fourth-order valence-corrected chi connectivity index (χ4v) is 10.5. The number of halogens is 1. The summed E-state index contributed by atoms with van der Waals surface area (Å²) in [4.78, 5) is 46.0. The largest absolute Gasteiger partial charge is 0.507 e. The summed E-state index contributed by atoms with van der Waals surface area (Å²) in [6.45, 7) is 4.38. The number of fused-ring (bicyclic) bond motifs is 1. The number of benzene rings is 3. The highest BCUT2D eigenvalue weighted by atomic mass is 19.1. The van der Waals surface area contributed by atoms with Crippen LogP contribution in [0.25, 0.3) is 22.2 Å². The van der Waals surface area contributed by atoms with Gasteiger partial charge < -0.3 is 34.8 Å². The second-order valence-electron chi connectivity index (χ2n) is 18.5. The molecule has 4 saturated heterocycles. The Morgan fingerprint density at radius 1 is 0.922 bits per heavy atom. The van der Waals surface area contributed by atoms with Crippen molar-refractivity contribution in [1.29, 1.82) is 0 Å². The molecule has 14 nitrogen and oxygen atoms in total. The third-order valence-corrected chi connectivity index (χ3v) is 14.3. The summed E-state index contributed by atoms with van der Waals surface area (Å²) in [6, 6.07) is 22.8. The van der Waals surface area contributed by atoms with Gasteiger partial charge in [0.1, 0.15) is 11.4 Å². The van der Waals surface area contributed by atoms with E-state index >= 15 is 4.39 Å². The Balaban J connectivity index is 0.739. The van der Waals surface area contributed by atoms with Gasteiger partial charge in [0, 0.05) is 125 Å². The number of methoxy groups -OCH3 is 1. The Labute approximate surface area is 372 Å². The number of aromatic nitrogens is 3. The van der Waals surface area contributed by atoms with Gasteiger partial charge in [0.2, 0.25) is 5.91 Å². The van der Waals surface area contributed by atoms with Gasteiger partial charge in [-0.15, -0.1) is 10.2 Å². The van der Waals surface area contributed by atoms with E-state index in [1.165, 1.54) is 10.9 Å². The summed E-state index contributed by atoms with van der Waals surface area (Å²) in [6.07, 6.45) is 8.13. The average molecular weight is 870 g/mol. The molecule has 1 aliphatic carbocycles. The molecule has 5 aromatic rings. The number of nitrogens with zero attached hydrogens (tertiary/aromatic N) is 7. The van der Waals surface area contributed by atoms with Gasteiger partial charge >= 0.3 is 6.03 Å². The van der Waals surface area contributed by atoms with Gasteiger partial charge in [0.05, 0.1) is 17.5 Å². The highest BCUT2D eigenvalue weighted by Crippen LogP contribution is 2.46. The molecule has 4 amide bonds. The molecule has 0 spiro atoms. The van der Waals surface area contributed by atoms with Crippen LogP contribution in [0.4, 0.5) is 26.4 Å². The third-order valence-electron chi connectivity index (χ3n) is 14.3. The minimum atomic E-state index is -1.35. The van der Waals surface area contributed by atoms with E-state index in [2.05, 4.69) is 48.2 Å². The van der Waals surface area contributed by atoms with Crippen molar-refractivity contribution in [2.45, 2.75) is 81.0 Å². The fourth-order valence-electron chi connectivity index (χ4n) is 10.5. The second kappa shape index (κ2) is 17.1. The van der Waals surface area contributed by atoms with Crippen LogP contribution in [-0.4, -0.2) is 119 Å². The molecule has 3 aromatic carbocycles. The van der Waals surface area contributed by atoms with Crippen molar-refractivity contribution in [1.82, 2.24) is 29.9 Å². The number of amides is 4. The summed E-state index contributed by atoms with van der Waals surface area (Å²) in [5, 5.41) is 22.5. The quantitative estimate of drug-likeness (QED) is 0.133. The van der Waals surface area contributed by atoms with Crippen LogP contribution in [-0.2, 0) is 9.53 Å². The van der Waals surface area contributed by atoms with Crippen molar-refractivity contribution in [2.24, 2.45) is 0 Å². The van der Waals surface area contributed by atoms with Gasteiger partial charge in [0.25, 0.3) is 5.91 Å². The number of hydrogen-bond donors (Lipinski definition) is 3. The smallest absolute Gasteiger partial charge is 0.328 e.